The molecule has 45 heavy (non-hydrogen) atoms. The summed E-state index contributed by atoms with van der Waals surface area (Å²) >= 11 is 0. The molecule has 5 N–H and O–H groups in total. The maximum absolute atomic E-state index is 13.8. The van der Waals surface area contributed by atoms with Gasteiger partial charge in [-0.2, -0.15) is 0 Å². The summed E-state index contributed by atoms with van der Waals surface area (Å²) in [6.45, 7) is 17.3. The predicted octanol–water partition coefficient (Wildman–Crippen LogP) is 2.05. The zero-order chi connectivity index (χ0) is 34.3. The molecule has 3 aliphatic rings. The van der Waals surface area contributed by atoms with Gasteiger partial charge in [-0.25, -0.2) is 9.59 Å². The average molecular weight is 638 g/mol. The summed E-state index contributed by atoms with van der Waals surface area (Å²) in [5, 5.41) is 7.85. The highest BCUT2D eigenvalue weighted by molar-refractivity contribution is 6.37. The fourth-order valence-corrected chi connectivity index (χ4v) is 5.32. The Balaban J connectivity index is 0.00000128. The van der Waals surface area contributed by atoms with Gasteiger partial charge < -0.3 is 36.1 Å². The molecule has 5 amide bonds. The number of nitrogens with two attached hydrogens (primary N) is 1. The van der Waals surface area contributed by atoms with Crippen LogP contribution in [0.2, 0.25) is 0 Å². The summed E-state index contributed by atoms with van der Waals surface area (Å²) in [6.07, 6.45) is 4.99. The van der Waals surface area contributed by atoms with Crippen LogP contribution in [0, 0.1) is 22.7 Å². The molecule has 0 spiro atoms. The highest BCUT2D eigenvalue weighted by atomic mass is 16.6. The van der Waals surface area contributed by atoms with Gasteiger partial charge in [-0.3, -0.25) is 19.2 Å². The van der Waals surface area contributed by atoms with E-state index in [1.165, 1.54) is 31.1 Å². The number of likely N-dealkylation sites (tertiary alicyclic amines) is 1. The highest BCUT2D eigenvalue weighted by Gasteiger charge is 2.45. The van der Waals surface area contributed by atoms with E-state index in [0.717, 1.165) is 5.92 Å². The Morgan fingerprint density at radius 1 is 0.867 bits per heavy atom. The molecule has 6 atom stereocenters. The number of hydrogen-bond acceptors (Lipinski definition) is 8. The first kappa shape index (κ1) is 38.0. The van der Waals surface area contributed by atoms with E-state index in [1.54, 1.807) is 41.5 Å². The van der Waals surface area contributed by atoms with Crippen LogP contribution in [0.5, 0.6) is 0 Å². The maximum Gasteiger partial charge on any atom is 0.329 e. The van der Waals surface area contributed by atoms with Gasteiger partial charge in [0, 0.05) is 13.0 Å². The molecule has 2 saturated heterocycles. The van der Waals surface area contributed by atoms with Crippen molar-refractivity contribution in [1.82, 2.24) is 20.9 Å². The van der Waals surface area contributed by atoms with Gasteiger partial charge in [0.25, 0.3) is 5.91 Å². The lowest BCUT2D eigenvalue weighted by atomic mass is 9.85. The number of ether oxygens (including phenoxy) is 2. The largest absolute Gasteiger partial charge is 0.458 e. The first-order valence-electron chi connectivity index (χ1n) is 16.0. The Bertz CT molecular complexity index is 1090. The van der Waals surface area contributed by atoms with Gasteiger partial charge in [-0.1, -0.05) is 74.7 Å². The van der Waals surface area contributed by atoms with E-state index in [1.807, 2.05) is 6.92 Å². The second kappa shape index (κ2) is 15.9. The third-order valence-electron chi connectivity index (χ3n) is 8.42. The lowest BCUT2D eigenvalue weighted by Gasteiger charge is -2.36. The molecule has 0 bridgehead atoms. The molecule has 2 aliphatic heterocycles. The molecular formula is C32H55N5O8. The smallest absolute Gasteiger partial charge is 0.329 e. The fourth-order valence-electron chi connectivity index (χ4n) is 5.32. The normalized spacial score (nSPS) is 23.8. The lowest BCUT2D eigenvalue weighted by molar-refractivity contribution is -0.154. The van der Waals surface area contributed by atoms with E-state index in [-0.39, 0.29) is 18.6 Å². The van der Waals surface area contributed by atoms with E-state index in [9.17, 15) is 28.8 Å². The van der Waals surface area contributed by atoms with E-state index in [0.29, 0.717) is 26.1 Å². The summed E-state index contributed by atoms with van der Waals surface area (Å²) in [6, 6.07) is -4.85. The number of ketones is 1. The quantitative estimate of drug-likeness (QED) is 0.218. The number of primary amides is 1. The zero-order valence-corrected chi connectivity index (χ0v) is 28.5. The summed E-state index contributed by atoms with van der Waals surface area (Å²) < 4.78 is 10.8. The average Bonchev–Trinajstić information content (AvgIpc) is 3.56. The van der Waals surface area contributed by atoms with E-state index >= 15 is 0 Å². The topological polar surface area (TPSA) is 186 Å². The SMILES string of the molecule is CC1CC(C(=O)NC(C)C(=O)C(N)=O)N(C(=O)[C@@H](NC(=O)NC(C(=O)OC2CCOC2)C(C)(C)C)C(C)(C)C)C1.CC1CCC1. The lowest BCUT2D eigenvalue weighted by Crippen LogP contribution is -2.61. The van der Waals surface area contributed by atoms with Crippen molar-refractivity contribution in [2.45, 2.75) is 125 Å². The van der Waals surface area contributed by atoms with Gasteiger partial charge >= 0.3 is 12.0 Å². The summed E-state index contributed by atoms with van der Waals surface area (Å²) in [4.78, 5) is 77.5. The van der Waals surface area contributed by atoms with Crippen molar-refractivity contribution in [3.05, 3.63) is 0 Å². The van der Waals surface area contributed by atoms with Gasteiger partial charge in [0.2, 0.25) is 17.6 Å². The van der Waals surface area contributed by atoms with E-state index < -0.39 is 70.5 Å². The molecule has 0 aromatic carbocycles. The number of esters is 1. The molecule has 2 heterocycles. The number of carbonyl (C=O) groups excluding carboxylic acids is 6. The fraction of sp³-hybridized carbons (Fsp3) is 0.812. The maximum atomic E-state index is 13.8. The van der Waals surface area contributed by atoms with Gasteiger partial charge in [-0.15, -0.1) is 0 Å². The summed E-state index contributed by atoms with van der Waals surface area (Å²) in [5.41, 5.74) is 3.57. The van der Waals surface area contributed by atoms with Crippen molar-refractivity contribution in [2.24, 2.45) is 28.4 Å². The number of amides is 5. The minimum Gasteiger partial charge on any atom is -0.458 e. The monoisotopic (exact) mass is 637 g/mol. The molecule has 256 valence electrons. The Morgan fingerprint density at radius 3 is 1.87 bits per heavy atom. The second-order valence-electron chi connectivity index (χ2n) is 15.0. The van der Waals surface area contributed by atoms with Crippen molar-refractivity contribution in [2.75, 3.05) is 19.8 Å². The van der Waals surface area contributed by atoms with E-state index in [4.69, 9.17) is 15.2 Å². The predicted molar refractivity (Wildman–Crippen MR) is 168 cm³/mol. The Hall–Kier alpha value is -3.22. The van der Waals surface area contributed by atoms with Gasteiger partial charge in [0.05, 0.1) is 19.3 Å². The van der Waals surface area contributed by atoms with Crippen LogP contribution >= 0.6 is 0 Å². The molecule has 13 nitrogen and oxygen atoms in total. The molecule has 5 unspecified atom stereocenters. The highest BCUT2D eigenvalue weighted by Crippen LogP contribution is 2.29. The van der Waals surface area contributed by atoms with Crippen molar-refractivity contribution in [1.29, 1.82) is 0 Å². The molecule has 0 radical (unpaired) electrons. The van der Waals surface area contributed by atoms with Crippen LogP contribution in [0.15, 0.2) is 0 Å². The first-order chi connectivity index (χ1) is 20.7. The third kappa shape index (κ3) is 11.3. The number of carbonyl (C=O) groups is 6. The molecule has 13 heteroatoms. The molecular weight excluding hydrogens is 582 g/mol. The number of nitrogens with zero attached hydrogens (tertiary/aromatic N) is 1. The third-order valence-corrected chi connectivity index (χ3v) is 8.42. The second-order valence-corrected chi connectivity index (χ2v) is 15.0. The Kier molecular flexibility index (Phi) is 13.4. The number of hydrogen-bond donors (Lipinski definition) is 4. The zero-order valence-electron chi connectivity index (χ0n) is 28.5. The number of rotatable bonds is 9. The summed E-state index contributed by atoms with van der Waals surface area (Å²) in [5.74, 6) is -2.76. The van der Waals surface area contributed by atoms with E-state index in [2.05, 4.69) is 22.9 Å². The first-order valence-corrected chi connectivity index (χ1v) is 16.0. The minimum absolute atomic E-state index is 0.0316. The van der Waals surface area contributed by atoms with Crippen molar-refractivity contribution in [3.8, 4) is 0 Å². The van der Waals surface area contributed by atoms with Crippen LogP contribution in [0.25, 0.3) is 0 Å². The number of nitrogens with one attached hydrogen (secondary N) is 3. The van der Waals surface area contributed by atoms with Crippen LogP contribution in [0.4, 0.5) is 4.79 Å². The Labute approximate surface area is 267 Å². The minimum atomic E-state index is -1.17. The molecule has 0 aromatic rings. The summed E-state index contributed by atoms with van der Waals surface area (Å²) in [7, 11) is 0. The standard InChI is InChI=1S/C27H45N5O8.C5H10/c1-14-11-17(22(35)29-15(2)18(33)21(28)34)32(12-14)23(36)19(26(3,4)5)30-25(38)31-20(27(6,7)8)24(37)40-16-9-10-39-13-16;1-5-3-2-4-5/h14-17,19-20H,9-13H2,1-8H3,(H2,28,34)(H,29,35)(H2,30,31,38);5H,2-4H2,1H3/t14?,15?,16?,17?,19-,20?;/m1./s1. The number of Topliss-reactive ketones (excluding diaryl/α,β-unsaturated/α-hetero) is 1. The molecule has 1 saturated carbocycles. The molecule has 3 rings (SSSR count). The van der Waals surface area contributed by atoms with Crippen LogP contribution in [-0.4, -0.2) is 90.4 Å². The van der Waals surface area contributed by atoms with Gasteiger partial charge in [0.1, 0.15) is 24.2 Å². The van der Waals surface area contributed by atoms with Crippen LogP contribution in [0.1, 0.15) is 94.4 Å². The van der Waals surface area contributed by atoms with Crippen molar-refractivity contribution in [3.63, 3.8) is 0 Å². The van der Waals surface area contributed by atoms with Gasteiger partial charge in [-0.05, 0) is 36.0 Å². The molecule has 0 aromatic heterocycles. The molecule has 1 aliphatic carbocycles. The van der Waals surface area contributed by atoms with Crippen molar-refractivity contribution < 1.29 is 38.2 Å². The Morgan fingerprint density at radius 2 is 1.42 bits per heavy atom. The van der Waals surface area contributed by atoms with Gasteiger partial charge in [0.15, 0.2) is 0 Å². The number of urea groups is 1. The van der Waals surface area contributed by atoms with Crippen LogP contribution < -0.4 is 21.7 Å². The molecule has 3 fully saturated rings. The van der Waals surface area contributed by atoms with Crippen molar-refractivity contribution >= 4 is 35.5 Å². The van der Waals surface area contributed by atoms with Crippen LogP contribution in [0.3, 0.4) is 0 Å². The van der Waals surface area contributed by atoms with Crippen LogP contribution in [-0.2, 0) is 33.4 Å².